The number of hydrogen-bond donors (Lipinski definition) is 1. The summed E-state index contributed by atoms with van der Waals surface area (Å²) < 4.78 is 1.91. The van der Waals surface area contributed by atoms with E-state index in [1.165, 1.54) is 12.2 Å². The smallest absolute Gasteiger partial charge is 0.278 e. The maximum absolute atomic E-state index is 13.0. The van der Waals surface area contributed by atoms with Crippen LogP contribution in [0, 0.1) is 10.1 Å². The number of pyridine rings is 1. The molecule has 0 spiro atoms. The van der Waals surface area contributed by atoms with E-state index in [1.807, 2.05) is 109 Å². The maximum atomic E-state index is 13.0. The first-order valence-electron chi connectivity index (χ1n) is 16.3. The number of carbonyl (C=O) groups is 1. The maximum Gasteiger partial charge on any atom is 0.278 e. The van der Waals surface area contributed by atoms with Crippen LogP contribution in [0.1, 0.15) is 40.8 Å². The number of nitro benzene ring substituents is 1. The van der Waals surface area contributed by atoms with E-state index in [9.17, 15) is 14.9 Å². The molecule has 5 aromatic carbocycles. The molecule has 0 aliphatic carbocycles. The van der Waals surface area contributed by atoms with Crippen LogP contribution >= 0.6 is 0 Å². The third kappa shape index (κ3) is 5.95. The Morgan fingerprint density at radius 1 is 0.780 bits per heavy atom. The van der Waals surface area contributed by atoms with Gasteiger partial charge in [0.05, 0.1) is 22.0 Å². The lowest BCUT2D eigenvalue weighted by atomic mass is 9.77. The van der Waals surface area contributed by atoms with Crippen LogP contribution in [0.3, 0.4) is 0 Å². The third-order valence-corrected chi connectivity index (χ3v) is 8.94. The molecule has 7 aromatic rings. The summed E-state index contributed by atoms with van der Waals surface area (Å²) in [6.45, 7) is 1.89. The lowest BCUT2D eigenvalue weighted by molar-refractivity contribution is -0.385. The zero-order valence-electron chi connectivity index (χ0n) is 27.3. The fraction of sp³-hybridized carbons (Fsp3) is 0.0714. The Bertz CT molecular complexity index is 2190. The lowest BCUT2D eigenvalue weighted by Crippen LogP contribution is -2.38. The van der Waals surface area contributed by atoms with Crippen molar-refractivity contribution < 1.29 is 9.72 Å². The fourth-order valence-electron chi connectivity index (χ4n) is 6.59. The van der Waals surface area contributed by atoms with Gasteiger partial charge in [-0.3, -0.25) is 19.9 Å². The number of benzene rings is 5. The zero-order chi connectivity index (χ0) is 34.5. The van der Waals surface area contributed by atoms with Crippen molar-refractivity contribution in [1.82, 2.24) is 20.1 Å². The van der Waals surface area contributed by atoms with Gasteiger partial charge in [0.15, 0.2) is 0 Å². The predicted octanol–water partition coefficient (Wildman–Crippen LogP) is 8.74. The highest BCUT2D eigenvalue weighted by atomic mass is 16.6. The Hall–Kier alpha value is -6.67. The normalized spacial score (nSPS) is 12.2. The van der Waals surface area contributed by atoms with Crippen molar-refractivity contribution in [3.63, 3.8) is 0 Å². The van der Waals surface area contributed by atoms with E-state index in [2.05, 4.69) is 46.7 Å². The van der Waals surface area contributed by atoms with Gasteiger partial charge in [-0.25, -0.2) is 4.68 Å². The molecule has 0 fully saturated rings. The summed E-state index contributed by atoms with van der Waals surface area (Å²) >= 11 is 0. The van der Waals surface area contributed by atoms with Gasteiger partial charge in [-0.05, 0) is 53.5 Å². The molecule has 1 amide bonds. The molecular weight excluding hydrogens is 622 g/mol. The first-order valence-corrected chi connectivity index (χ1v) is 16.3. The van der Waals surface area contributed by atoms with Crippen LogP contribution in [0.4, 0.5) is 5.69 Å². The standard InChI is InChI=1S/C42H33N5O3/c1-30(31-14-6-2-7-15-31)44-40(48)23-22-33-28-37-39(29-38(33)47(49)50)46(45-41(37)32-24-26-43-27-25-32)42(34-16-8-3-9-17-34,35-18-10-4-11-19-35)36-20-12-5-13-21-36/h2-30H,1H3,(H,44,48). The number of nitrogens with zero attached hydrogens (tertiary/aromatic N) is 4. The van der Waals surface area contributed by atoms with E-state index >= 15 is 0 Å². The largest absolute Gasteiger partial charge is 0.346 e. The Morgan fingerprint density at radius 3 is 1.82 bits per heavy atom. The minimum atomic E-state index is -1.02. The quantitative estimate of drug-likeness (QED) is 0.0687. The fourth-order valence-corrected chi connectivity index (χ4v) is 6.59. The number of nitro groups is 1. The molecule has 7 rings (SSSR count). The monoisotopic (exact) mass is 655 g/mol. The van der Waals surface area contributed by atoms with Crippen molar-refractivity contribution in [3.05, 3.63) is 202 Å². The molecule has 244 valence electrons. The molecule has 2 aromatic heterocycles. The Kier molecular flexibility index (Phi) is 8.82. The van der Waals surface area contributed by atoms with Crippen molar-refractivity contribution >= 4 is 28.6 Å². The van der Waals surface area contributed by atoms with Crippen molar-refractivity contribution in [3.8, 4) is 11.3 Å². The number of hydrogen-bond acceptors (Lipinski definition) is 5. The second-order valence-electron chi connectivity index (χ2n) is 12.0. The molecular formula is C42H33N5O3. The van der Waals surface area contributed by atoms with Gasteiger partial charge >= 0.3 is 0 Å². The minimum absolute atomic E-state index is 0.150. The Balaban J connectivity index is 1.48. The summed E-state index contributed by atoms with van der Waals surface area (Å²) in [5, 5.41) is 21.7. The summed E-state index contributed by atoms with van der Waals surface area (Å²) in [4.78, 5) is 29.6. The molecule has 0 saturated heterocycles. The SMILES string of the molecule is CC(NC(=O)C=Cc1cc2c(-c3ccncc3)nn(C(c3ccccc3)(c3ccccc3)c3ccccc3)c2cc1[N+](=O)[O-])c1ccccc1. The van der Waals surface area contributed by atoms with E-state index in [4.69, 9.17) is 5.10 Å². The zero-order valence-corrected chi connectivity index (χ0v) is 27.3. The number of rotatable bonds is 10. The minimum Gasteiger partial charge on any atom is -0.346 e. The predicted molar refractivity (Wildman–Crippen MR) is 196 cm³/mol. The molecule has 1 atom stereocenters. The van der Waals surface area contributed by atoms with Gasteiger partial charge in [0.25, 0.3) is 5.69 Å². The second kappa shape index (κ2) is 13.8. The second-order valence-corrected chi connectivity index (χ2v) is 12.0. The number of nitrogens with one attached hydrogen (secondary N) is 1. The van der Waals surface area contributed by atoms with Crippen molar-refractivity contribution in [2.45, 2.75) is 18.5 Å². The van der Waals surface area contributed by atoms with Crippen LogP contribution in [0.5, 0.6) is 0 Å². The van der Waals surface area contributed by atoms with Gasteiger partial charge in [-0.1, -0.05) is 121 Å². The lowest BCUT2D eigenvalue weighted by Gasteiger charge is -2.37. The molecule has 0 aliphatic rings. The summed E-state index contributed by atoms with van der Waals surface area (Å²) in [6.07, 6.45) is 6.23. The van der Waals surface area contributed by atoms with E-state index < -0.39 is 10.5 Å². The van der Waals surface area contributed by atoms with Crippen molar-refractivity contribution in [2.24, 2.45) is 0 Å². The van der Waals surface area contributed by atoms with Crippen molar-refractivity contribution in [2.75, 3.05) is 0 Å². The van der Waals surface area contributed by atoms with Gasteiger partial charge in [-0.15, -0.1) is 0 Å². The van der Waals surface area contributed by atoms with E-state index in [1.54, 1.807) is 24.5 Å². The highest BCUT2D eigenvalue weighted by Gasteiger charge is 2.41. The summed E-state index contributed by atoms with van der Waals surface area (Å²) in [7, 11) is 0. The van der Waals surface area contributed by atoms with Gasteiger partial charge in [0.1, 0.15) is 11.2 Å². The van der Waals surface area contributed by atoms with Crippen LogP contribution in [0.25, 0.3) is 28.2 Å². The molecule has 0 bridgehead atoms. The van der Waals surface area contributed by atoms with E-state index in [0.29, 0.717) is 16.6 Å². The molecule has 0 aliphatic heterocycles. The van der Waals surface area contributed by atoms with E-state index in [0.717, 1.165) is 27.8 Å². The topological polar surface area (TPSA) is 103 Å². The average Bonchev–Trinajstić information content (AvgIpc) is 3.54. The van der Waals surface area contributed by atoms with Crippen LogP contribution in [0.15, 0.2) is 164 Å². The van der Waals surface area contributed by atoms with E-state index in [-0.39, 0.29) is 23.2 Å². The molecule has 2 heterocycles. The summed E-state index contributed by atoms with van der Waals surface area (Å²) in [6, 6.07) is 46.6. The third-order valence-electron chi connectivity index (χ3n) is 8.94. The number of aromatic nitrogens is 3. The number of carbonyl (C=O) groups excluding carboxylic acids is 1. The van der Waals surface area contributed by atoms with Crippen LogP contribution in [-0.4, -0.2) is 25.6 Å². The molecule has 8 heteroatoms. The average molecular weight is 656 g/mol. The Morgan fingerprint density at radius 2 is 1.30 bits per heavy atom. The first-order chi connectivity index (χ1) is 24.5. The van der Waals surface area contributed by atoms with Gasteiger partial charge in [0.2, 0.25) is 5.91 Å². The van der Waals surface area contributed by atoms with Crippen LogP contribution in [-0.2, 0) is 10.3 Å². The molecule has 8 nitrogen and oxygen atoms in total. The number of fused-ring (bicyclic) bond motifs is 1. The van der Waals surface area contributed by atoms with Gasteiger partial charge in [0, 0.05) is 35.5 Å². The Labute approximate surface area is 289 Å². The number of amides is 1. The van der Waals surface area contributed by atoms with Gasteiger partial charge in [-0.2, -0.15) is 5.10 Å². The van der Waals surface area contributed by atoms with Crippen molar-refractivity contribution in [1.29, 1.82) is 0 Å². The summed E-state index contributed by atoms with van der Waals surface area (Å²) in [5.74, 6) is -0.364. The molecule has 0 saturated carbocycles. The van der Waals surface area contributed by atoms with Crippen LogP contribution in [0.2, 0.25) is 0 Å². The summed E-state index contributed by atoms with van der Waals surface area (Å²) in [5.41, 5.74) is 4.83. The molecule has 50 heavy (non-hydrogen) atoms. The van der Waals surface area contributed by atoms with Gasteiger partial charge < -0.3 is 5.32 Å². The molecule has 0 radical (unpaired) electrons. The first kappa shape index (κ1) is 31.9. The molecule has 1 unspecified atom stereocenters. The van der Waals surface area contributed by atoms with Crippen LogP contribution < -0.4 is 5.32 Å². The highest BCUT2D eigenvalue weighted by molar-refractivity contribution is 5.99. The molecule has 1 N–H and O–H groups in total. The highest BCUT2D eigenvalue weighted by Crippen LogP contribution is 2.45.